The van der Waals surface area contributed by atoms with Gasteiger partial charge in [0.15, 0.2) is 0 Å². The van der Waals surface area contributed by atoms with Gasteiger partial charge in [0.1, 0.15) is 0 Å². The highest BCUT2D eigenvalue weighted by atomic mass is 16.5. The van der Waals surface area contributed by atoms with Gasteiger partial charge < -0.3 is 4.74 Å². The van der Waals surface area contributed by atoms with E-state index < -0.39 is 0 Å². The first-order chi connectivity index (χ1) is 10.7. The largest absolute Gasteiger partial charge is 0.374 e. The number of rotatable bonds is 5. The Balaban J connectivity index is 1.64. The number of ether oxygens (including phenoxy) is 1. The molecule has 1 nitrogen and oxygen atoms in total. The number of hydrogen-bond acceptors (Lipinski definition) is 1. The second-order valence-corrected chi connectivity index (χ2v) is 6.27. The van der Waals surface area contributed by atoms with Crippen LogP contribution in [0.15, 0.2) is 55.1 Å². The highest BCUT2D eigenvalue weighted by Gasteiger charge is 2.15. The van der Waals surface area contributed by atoms with E-state index in [9.17, 15) is 0 Å². The van der Waals surface area contributed by atoms with Crippen LogP contribution in [-0.2, 0) is 11.3 Å². The molecule has 0 heterocycles. The van der Waals surface area contributed by atoms with E-state index in [0.29, 0.717) is 6.10 Å². The van der Waals surface area contributed by atoms with Gasteiger partial charge in [-0.3, -0.25) is 0 Å². The van der Waals surface area contributed by atoms with Crippen LogP contribution < -0.4 is 0 Å². The first kappa shape index (κ1) is 15.1. The summed E-state index contributed by atoms with van der Waals surface area (Å²) in [6.07, 6.45) is 5.59. The summed E-state index contributed by atoms with van der Waals surface area (Å²) in [4.78, 5) is 0. The van der Waals surface area contributed by atoms with Crippen LogP contribution in [0.2, 0.25) is 0 Å². The van der Waals surface area contributed by atoms with Gasteiger partial charge in [-0.15, -0.1) is 0 Å². The van der Waals surface area contributed by atoms with Crippen molar-refractivity contribution in [2.24, 2.45) is 0 Å². The average molecular weight is 292 g/mol. The van der Waals surface area contributed by atoms with E-state index in [-0.39, 0.29) is 0 Å². The lowest BCUT2D eigenvalue weighted by Crippen LogP contribution is -2.06. The standard InChI is InChI=1S/C21H24O/c1-16(2)18-11-13-20(14-12-18)19-9-7-17(8-10-19)15-22-21-5-3-4-6-21/h7-14,21H,1,3-6,15H2,2H3. The SMILES string of the molecule is C=C(C)c1ccc(-c2ccc(COC3CCCC3)cc2)cc1. The summed E-state index contributed by atoms with van der Waals surface area (Å²) in [5, 5.41) is 0. The fourth-order valence-corrected chi connectivity index (χ4v) is 3.01. The maximum absolute atomic E-state index is 5.97. The Labute approximate surface area is 133 Å². The third-order valence-corrected chi connectivity index (χ3v) is 4.45. The topological polar surface area (TPSA) is 9.23 Å². The Morgan fingerprint density at radius 3 is 2.05 bits per heavy atom. The van der Waals surface area contributed by atoms with E-state index in [2.05, 4.69) is 55.1 Å². The van der Waals surface area contributed by atoms with Gasteiger partial charge in [-0.2, -0.15) is 0 Å². The molecule has 0 radical (unpaired) electrons. The normalized spacial score (nSPS) is 15.1. The van der Waals surface area contributed by atoms with E-state index in [1.54, 1.807) is 0 Å². The molecule has 114 valence electrons. The van der Waals surface area contributed by atoms with E-state index in [0.717, 1.165) is 12.2 Å². The molecule has 0 bridgehead atoms. The smallest absolute Gasteiger partial charge is 0.0720 e. The van der Waals surface area contributed by atoms with Crippen LogP contribution >= 0.6 is 0 Å². The Morgan fingerprint density at radius 2 is 1.50 bits per heavy atom. The Bertz CT molecular complexity index is 616. The van der Waals surface area contributed by atoms with Crippen molar-refractivity contribution in [3.63, 3.8) is 0 Å². The van der Waals surface area contributed by atoms with Crippen LogP contribution in [0.4, 0.5) is 0 Å². The quantitative estimate of drug-likeness (QED) is 0.672. The van der Waals surface area contributed by atoms with Gasteiger partial charge in [-0.05, 0) is 42.0 Å². The van der Waals surface area contributed by atoms with Crippen LogP contribution in [-0.4, -0.2) is 6.10 Å². The van der Waals surface area contributed by atoms with Gasteiger partial charge >= 0.3 is 0 Å². The lowest BCUT2D eigenvalue weighted by Gasteiger charge is -2.11. The third kappa shape index (κ3) is 3.66. The lowest BCUT2D eigenvalue weighted by atomic mass is 10.0. The first-order valence-corrected chi connectivity index (χ1v) is 8.19. The molecule has 3 rings (SSSR count). The molecule has 0 N–H and O–H groups in total. The molecular weight excluding hydrogens is 268 g/mol. The van der Waals surface area contributed by atoms with Gasteiger partial charge in [0.25, 0.3) is 0 Å². The summed E-state index contributed by atoms with van der Waals surface area (Å²) < 4.78 is 5.97. The van der Waals surface area contributed by atoms with Gasteiger partial charge in [-0.1, -0.05) is 73.5 Å². The van der Waals surface area contributed by atoms with Crippen LogP contribution in [0.1, 0.15) is 43.7 Å². The van der Waals surface area contributed by atoms with Crippen molar-refractivity contribution >= 4 is 5.57 Å². The minimum Gasteiger partial charge on any atom is -0.374 e. The minimum absolute atomic E-state index is 0.481. The van der Waals surface area contributed by atoms with Crippen LogP contribution in [0.5, 0.6) is 0 Å². The molecule has 0 atom stereocenters. The Kier molecular flexibility index (Phi) is 4.74. The second-order valence-electron chi connectivity index (χ2n) is 6.27. The van der Waals surface area contributed by atoms with Gasteiger partial charge in [0.05, 0.1) is 12.7 Å². The molecule has 0 spiro atoms. The van der Waals surface area contributed by atoms with Crippen LogP contribution in [0, 0.1) is 0 Å². The fourth-order valence-electron chi connectivity index (χ4n) is 3.01. The molecule has 1 aliphatic rings. The molecule has 1 aliphatic carbocycles. The van der Waals surface area contributed by atoms with Crippen molar-refractivity contribution in [1.29, 1.82) is 0 Å². The summed E-state index contributed by atoms with van der Waals surface area (Å²) in [5.41, 5.74) is 6.05. The summed E-state index contributed by atoms with van der Waals surface area (Å²) in [7, 11) is 0. The molecule has 1 heteroatoms. The molecule has 2 aromatic carbocycles. The first-order valence-electron chi connectivity index (χ1n) is 8.19. The zero-order chi connectivity index (χ0) is 15.4. The fraction of sp³-hybridized carbons (Fsp3) is 0.333. The average Bonchev–Trinajstić information content (AvgIpc) is 3.07. The third-order valence-electron chi connectivity index (χ3n) is 4.45. The van der Waals surface area contributed by atoms with Gasteiger partial charge in [0.2, 0.25) is 0 Å². The minimum atomic E-state index is 0.481. The second kappa shape index (κ2) is 6.93. The van der Waals surface area contributed by atoms with E-state index in [4.69, 9.17) is 4.74 Å². The molecule has 1 fully saturated rings. The van der Waals surface area contributed by atoms with Crippen LogP contribution in [0.25, 0.3) is 16.7 Å². The maximum Gasteiger partial charge on any atom is 0.0720 e. The predicted octanol–water partition coefficient (Wildman–Crippen LogP) is 5.85. The highest BCUT2D eigenvalue weighted by molar-refractivity contribution is 5.68. The summed E-state index contributed by atoms with van der Waals surface area (Å²) in [6, 6.07) is 17.3. The zero-order valence-corrected chi connectivity index (χ0v) is 13.3. The number of hydrogen-bond donors (Lipinski definition) is 0. The van der Waals surface area contributed by atoms with Crippen molar-refractivity contribution in [1.82, 2.24) is 0 Å². The molecule has 1 saturated carbocycles. The molecule has 22 heavy (non-hydrogen) atoms. The molecule has 0 amide bonds. The number of allylic oxidation sites excluding steroid dienone is 1. The Morgan fingerprint density at radius 1 is 0.955 bits per heavy atom. The number of benzene rings is 2. The van der Waals surface area contributed by atoms with E-state index in [1.165, 1.54) is 47.9 Å². The van der Waals surface area contributed by atoms with E-state index >= 15 is 0 Å². The molecule has 0 saturated heterocycles. The molecule has 0 aromatic heterocycles. The summed E-state index contributed by atoms with van der Waals surface area (Å²) in [5.74, 6) is 0. The maximum atomic E-state index is 5.97. The van der Waals surface area contributed by atoms with Crippen molar-refractivity contribution in [2.45, 2.75) is 45.3 Å². The van der Waals surface area contributed by atoms with Crippen molar-refractivity contribution in [3.05, 3.63) is 66.2 Å². The predicted molar refractivity (Wildman–Crippen MR) is 93.6 cm³/mol. The summed E-state index contributed by atoms with van der Waals surface area (Å²) in [6.45, 7) is 6.75. The molecule has 2 aromatic rings. The summed E-state index contributed by atoms with van der Waals surface area (Å²) >= 11 is 0. The lowest BCUT2D eigenvalue weighted by molar-refractivity contribution is 0.0457. The molecule has 0 unspecified atom stereocenters. The van der Waals surface area contributed by atoms with Crippen molar-refractivity contribution in [2.75, 3.05) is 0 Å². The van der Waals surface area contributed by atoms with Gasteiger partial charge in [-0.25, -0.2) is 0 Å². The van der Waals surface area contributed by atoms with Crippen LogP contribution in [0.3, 0.4) is 0 Å². The Hall–Kier alpha value is -1.86. The highest BCUT2D eigenvalue weighted by Crippen LogP contribution is 2.24. The van der Waals surface area contributed by atoms with Gasteiger partial charge in [0, 0.05) is 0 Å². The molecule has 0 aliphatic heterocycles. The zero-order valence-electron chi connectivity index (χ0n) is 13.3. The van der Waals surface area contributed by atoms with E-state index in [1.807, 2.05) is 6.92 Å². The van der Waals surface area contributed by atoms with Crippen molar-refractivity contribution in [3.8, 4) is 11.1 Å². The monoisotopic (exact) mass is 292 g/mol. The van der Waals surface area contributed by atoms with Crippen molar-refractivity contribution < 1.29 is 4.74 Å². The molecular formula is C21H24O.